The van der Waals surface area contributed by atoms with E-state index in [1.807, 2.05) is 19.9 Å². The standard InChI is InChI=1S/C15H13NO2S/c1-10(2)18-14-5-3-11(9-17)7-13(14)15-6-4-12(8-16)19-15/h3-7,9-10H,1-2H3. The Hall–Kier alpha value is -2.12. The molecule has 96 valence electrons. The molecule has 0 aliphatic carbocycles. The third-order valence-electron chi connectivity index (χ3n) is 2.48. The van der Waals surface area contributed by atoms with Gasteiger partial charge in [0.25, 0.3) is 0 Å². The molecule has 0 fully saturated rings. The van der Waals surface area contributed by atoms with Crippen LogP contribution in [0.15, 0.2) is 30.3 Å². The number of nitriles is 1. The molecule has 2 aromatic rings. The lowest BCUT2D eigenvalue weighted by molar-refractivity contribution is 0.112. The van der Waals surface area contributed by atoms with Crippen LogP contribution in [0.1, 0.15) is 29.1 Å². The first-order valence-corrected chi connectivity index (χ1v) is 6.72. The van der Waals surface area contributed by atoms with Gasteiger partial charge in [0.2, 0.25) is 0 Å². The van der Waals surface area contributed by atoms with E-state index in [1.165, 1.54) is 11.3 Å². The first-order valence-electron chi connectivity index (χ1n) is 5.90. The van der Waals surface area contributed by atoms with E-state index in [4.69, 9.17) is 10.00 Å². The van der Waals surface area contributed by atoms with Crippen LogP contribution in [-0.2, 0) is 0 Å². The van der Waals surface area contributed by atoms with Gasteiger partial charge < -0.3 is 4.74 Å². The smallest absolute Gasteiger partial charge is 0.150 e. The van der Waals surface area contributed by atoms with Gasteiger partial charge in [-0.3, -0.25) is 4.79 Å². The second kappa shape index (κ2) is 5.68. The summed E-state index contributed by atoms with van der Waals surface area (Å²) in [5.41, 5.74) is 1.45. The lowest BCUT2D eigenvalue weighted by atomic mass is 10.1. The Bertz CT molecular complexity index is 638. The quantitative estimate of drug-likeness (QED) is 0.793. The van der Waals surface area contributed by atoms with E-state index in [9.17, 15) is 4.79 Å². The van der Waals surface area contributed by atoms with Crippen molar-refractivity contribution in [2.24, 2.45) is 0 Å². The molecule has 1 aromatic carbocycles. The number of benzene rings is 1. The van der Waals surface area contributed by atoms with Crippen LogP contribution in [0, 0.1) is 11.3 Å². The minimum atomic E-state index is 0.0521. The van der Waals surface area contributed by atoms with Crippen molar-refractivity contribution in [2.45, 2.75) is 20.0 Å². The van der Waals surface area contributed by atoms with E-state index < -0.39 is 0 Å². The highest BCUT2D eigenvalue weighted by atomic mass is 32.1. The van der Waals surface area contributed by atoms with Gasteiger partial charge in [-0.15, -0.1) is 11.3 Å². The van der Waals surface area contributed by atoms with E-state index >= 15 is 0 Å². The summed E-state index contributed by atoms with van der Waals surface area (Å²) in [4.78, 5) is 12.5. The Labute approximate surface area is 116 Å². The number of ether oxygens (including phenoxy) is 1. The summed E-state index contributed by atoms with van der Waals surface area (Å²) in [6.07, 6.45) is 0.859. The van der Waals surface area contributed by atoms with Gasteiger partial charge in [0, 0.05) is 16.0 Å². The minimum absolute atomic E-state index is 0.0521. The second-order valence-corrected chi connectivity index (χ2v) is 5.40. The number of hydrogen-bond acceptors (Lipinski definition) is 4. The summed E-state index contributed by atoms with van der Waals surface area (Å²) < 4.78 is 5.75. The molecular weight excluding hydrogens is 258 g/mol. The van der Waals surface area contributed by atoms with Crippen molar-refractivity contribution in [3.8, 4) is 22.3 Å². The van der Waals surface area contributed by atoms with Crippen LogP contribution >= 0.6 is 11.3 Å². The lowest BCUT2D eigenvalue weighted by Crippen LogP contribution is -2.06. The molecule has 19 heavy (non-hydrogen) atoms. The average Bonchev–Trinajstić information content (AvgIpc) is 2.87. The van der Waals surface area contributed by atoms with Gasteiger partial charge >= 0.3 is 0 Å². The number of carbonyl (C=O) groups is 1. The maximum absolute atomic E-state index is 10.9. The molecule has 0 atom stereocenters. The highest BCUT2D eigenvalue weighted by molar-refractivity contribution is 7.16. The van der Waals surface area contributed by atoms with E-state index in [0.29, 0.717) is 10.4 Å². The van der Waals surface area contributed by atoms with Crippen LogP contribution < -0.4 is 4.74 Å². The average molecular weight is 271 g/mol. The van der Waals surface area contributed by atoms with Crippen molar-refractivity contribution in [1.82, 2.24) is 0 Å². The van der Waals surface area contributed by atoms with Gasteiger partial charge in [0.05, 0.1) is 6.10 Å². The second-order valence-electron chi connectivity index (χ2n) is 4.32. The lowest BCUT2D eigenvalue weighted by Gasteiger charge is -2.13. The summed E-state index contributed by atoms with van der Waals surface area (Å²) in [5.74, 6) is 0.729. The number of hydrogen-bond donors (Lipinski definition) is 0. The van der Waals surface area contributed by atoms with Gasteiger partial charge in [-0.1, -0.05) is 0 Å². The summed E-state index contributed by atoms with van der Waals surface area (Å²) >= 11 is 1.39. The molecule has 0 N–H and O–H groups in total. The Morgan fingerprint density at radius 2 is 2.11 bits per heavy atom. The highest BCUT2D eigenvalue weighted by Crippen LogP contribution is 2.35. The molecular formula is C15H13NO2S. The van der Waals surface area contributed by atoms with Gasteiger partial charge in [0.1, 0.15) is 23.0 Å². The zero-order valence-electron chi connectivity index (χ0n) is 10.7. The van der Waals surface area contributed by atoms with Crippen LogP contribution in [0.5, 0.6) is 5.75 Å². The molecule has 0 unspecified atom stereocenters. The fourth-order valence-corrected chi connectivity index (χ4v) is 2.54. The van der Waals surface area contributed by atoms with Crippen molar-refractivity contribution < 1.29 is 9.53 Å². The van der Waals surface area contributed by atoms with Crippen LogP contribution in [0.3, 0.4) is 0 Å². The Kier molecular flexibility index (Phi) is 3.98. The largest absolute Gasteiger partial charge is 0.490 e. The number of rotatable bonds is 4. The number of nitrogens with zero attached hydrogens (tertiary/aromatic N) is 1. The zero-order valence-corrected chi connectivity index (χ0v) is 11.5. The molecule has 0 saturated carbocycles. The molecule has 4 heteroatoms. The Morgan fingerprint density at radius 1 is 1.32 bits per heavy atom. The van der Waals surface area contributed by atoms with Crippen LogP contribution in [0.25, 0.3) is 10.4 Å². The van der Waals surface area contributed by atoms with E-state index in [0.717, 1.165) is 22.5 Å². The summed E-state index contributed by atoms with van der Waals surface area (Å²) in [7, 11) is 0. The molecule has 0 radical (unpaired) electrons. The van der Waals surface area contributed by atoms with Crippen LogP contribution in [0.2, 0.25) is 0 Å². The molecule has 2 rings (SSSR count). The monoisotopic (exact) mass is 271 g/mol. The van der Waals surface area contributed by atoms with Crippen LogP contribution in [-0.4, -0.2) is 12.4 Å². The molecule has 0 aliphatic rings. The van der Waals surface area contributed by atoms with Crippen molar-refractivity contribution in [1.29, 1.82) is 5.26 Å². The number of aldehydes is 1. The molecule has 3 nitrogen and oxygen atoms in total. The highest BCUT2D eigenvalue weighted by Gasteiger charge is 2.11. The summed E-state index contributed by atoms with van der Waals surface area (Å²) in [6, 6.07) is 11.1. The summed E-state index contributed by atoms with van der Waals surface area (Å²) in [5, 5.41) is 8.89. The first-order chi connectivity index (χ1) is 9.13. The third-order valence-corrected chi connectivity index (χ3v) is 3.51. The minimum Gasteiger partial charge on any atom is -0.490 e. The fraction of sp³-hybridized carbons (Fsp3) is 0.200. The SMILES string of the molecule is CC(C)Oc1ccc(C=O)cc1-c1ccc(C#N)s1. The normalized spacial score (nSPS) is 10.2. The van der Waals surface area contributed by atoms with E-state index in [2.05, 4.69) is 6.07 Å². The zero-order chi connectivity index (χ0) is 13.8. The first kappa shape index (κ1) is 13.3. The van der Waals surface area contributed by atoms with Crippen molar-refractivity contribution in [2.75, 3.05) is 0 Å². The molecule has 0 amide bonds. The Morgan fingerprint density at radius 3 is 2.68 bits per heavy atom. The maximum atomic E-state index is 10.9. The molecule has 0 aliphatic heterocycles. The van der Waals surface area contributed by atoms with Crippen molar-refractivity contribution >= 4 is 17.6 Å². The fourth-order valence-electron chi connectivity index (χ4n) is 1.71. The maximum Gasteiger partial charge on any atom is 0.150 e. The predicted molar refractivity (Wildman–Crippen MR) is 75.6 cm³/mol. The number of thiophene rings is 1. The van der Waals surface area contributed by atoms with Gasteiger partial charge in [-0.05, 0) is 44.2 Å². The molecule has 1 heterocycles. The van der Waals surface area contributed by atoms with E-state index in [-0.39, 0.29) is 6.10 Å². The van der Waals surface area contributed by atoms with Crippen molar-refractivity contribution in [3.63, 3.8) is 0 Å². The van der Waals surface area contributed by atoms with Gasteiger partial charge in [-0.2, -0.15) is 5.26 Å². The van der Waals surface area contributed by atoms with Crippen LogP contribution in [0.4, 0.5) is 0 Å². The molecule has 0 bridgehead atoms. The molecule has 0 spiro atoms. The Balaban J connectivity index is 2.51. The van der Waals surface area contributed by atoms with E-state index in [1.54, 1.807) is 24.3 Å². The number of carbonyl (C=O) groups excluding carboxylic acids is 1. The summed E-state index contributed by atoms with van der Waals surface area (Å²) in [6.45, 7) is 3.90. The van der Waals surface area contributed by atoms with Gasteiger partial charge in [-0.25, -0.2) is 0 Å². The topological polar surface area (TPSA) is 50.1 Å². The van der Waals surface area contributed by atoms with Crippen molar-refractivity contribution in [3.05, 3.63) is 40.8 Å². The molecule has 1 aromatic heterocycles. The third kappa shape index (κ3) is 3.01. The molecule has 0 saturated heterocycles. The predicted octanol–water partition coefficient (Wildman–Crippen LogP) is 3.89. The van der Waals surface area contributed by atoms with Gasteiger partial charge in [0.15, 0.2) is 0 Å².